The Balaban J connectivity index is 2.30. The van der Waals surface area contributed by atoms with Crippen molar-refractivity contribution in [3.05, 3.63) is 42.0 Å². The molecule has 0 radical (unpaired) electrons. The molecular formula is C10H9ClFN3. The predicted octanol–water partition coefficient (Wildman–Crippen LogP) is 2.34. The molecule has 15 heavy (non-hydrogen) atoms. The third kappa shape index (κ3) is 2.27. The van der Waals surface area contributed by atoms with E-state index in [2.05, 4.69) is 5.10 Å². The van der Waals surface area contributed by atoms with Crippen molar-refractivity contribution >= 4 is 23.5 Å². The Kier molecular flexibility index (Phi) is 2.60. The van der Waals surface area contributed by atoms with E-state index >= 15 is 0 Å². The number of halogens is 2. The van der Waals surface area contributed by atoms with Gasteiger partial charge in [0.1, 0.15) is 5.83 Å². The molecule has 1 atom stereocenters. The monoisotopic (exact) mass is 225 g/mol. The number of hydrogen-bond donors (Lipinski definition) is 1. The Morgan fingerprint density at radius 3 is 3.07 bits per heavy atom. The molecule has 0 aromatic carbocycles. The first kappa shape index (κ1) is 9.98. The highest BCUT2D eigenvalue weighted by atomic mass is 35.5. The fourth-order valence-electron chi connectivity index (χ4n) is 1.26. The van der Waals surface area contributed by atoms with Crippen LogP contribution in [0, 0.1) is 0 Å². The molecule has 0 saturated carbocycles. The number of allylic oxidation sites excluding steroid dienone is 5. The average Bonchev–Trinajstić information content (AvgIpc) is 2.58. The van der Waals surface area contributed by atoms with Crippen LogP contribution in [0.3, 0.4) is 0 Å². The standard InChI is InChI=1S/C10H9ClFN3/c11-10-2-1-8(12)3-7(10)5-15-6-9(13)4-14-15/h1-6,10H,13H2/b7-5-. The van der Waals surface area contributed by atoms with Crippen molar-refractivity contribution in [3.8, 4) is 0 Å². The lowest BCUT2D eigenvalue weighted by Crippen LogP contribution is -2.03. The van der Waals surface area contributed by atoms with Crippen LogP contribution in [0.4, 0.5) is 10.1 Å². The molecule has 1 aromatic heterocycles. The summed E-state index contributed by atoms with van der Waals surface area (Å²) in [6, 6.07) is 0. The van der Waals surface area contributed by atoms with Gasteiger partial charge in [0, 0.05) is 6.20 Å². The third-order valence-corrected chi connectivity index (χ3v) is 2.35. The zero-order valence-corrected chi connectivity index (χ0v) is 8.53. The molecule has 78 valence electrons. The Hall–Kier alpha value is -1.55. The van der Waals surface area contributed by atoms with E-state index in [1.54, 1.807) is 18.5 Å². The molecular weight excluding hydrogens is 217 g/mol. The average molecular weight is 226 g/mol. The lowest BCUT2D eigenvalue weighted by Gasteiger charge is -2.09. The van der Waals surface area contributed by atoms with Crippen molar-refractivity contribution in [1.82, 2.24) is 9.78 Å². The van der Waals surface area contributed by atoms with Crippen molar-refractivity contribution in [2.24, 2.45) is 0 Å². The van der Waals surface area contributed by atoms with Crippen LogP contribution in [-0.2, 0) is 0 Å². The second kappa shape index (κ2) is 3.90. The summed E-state index contributed by atoms with van der Waals surface area (Å²) in [5.41, 5.74) is 6.69. The molecule has 5 heteroatoms. The summed E-state index contributed by atoms with van der Waals surface area (Å²) in [5.74, 6) is -0.321. The summed E-state index contributed by atoms with van der Waals surface area (Å²) in [6.07, 6.45) is 9.06. The highest BCUT2D eigenvalue weighted by molar-refractivity contribution is 6.24. The summed E-state index contributed by atoms with van der Waals surface area (Å²) in [6.45, 7) is 0. The Morgan fingerprint density at radius 2 is 2.40 bits per heavy atom. The van der Waals surface area contributed by atoms with Gasteiger partial charge in [0.15, 0.2) is 0 Å². The number of alkyl halides is 1. The molecule has 2 N–H and O–H groups in total. The van der Waals surface area contributed by atoms with Crippen LogP contribution in [0.1, 0.15) is 0 Å². The maximum absolute atomic E-state index is 12.9. The van der Waals surface area contributed by atoms with Gasteiger partial charge in [-0.05, 0) is 17.7 Å². The van der Waals surface area contributed by atoms with Gasteiger partial charge in [0.2, 0.25) is 0 Å². The molecule has 0 bridgehead atoms. The Labute approximate surface area is 91.3 Å². The number of aromatic nitrogens is 2. The molecule has 1 unspecified atom stereocenters. The van der Waals surface area contributed by atoms with Crippen molar-refractivity contribution in [3.63, 3.8) is 0 Å². The van der Waals surface area contributed by atoms with Crippen LogP contribution >= 0.6 is 11.6 Å². The van der Waals surface area contributed by atoms with Gasteiger partial charge in [-0.1, -0.05) is 6.08 Å². The van der Waals surface area contributed by atoms with Crippen molar-refractivity contribution in [2.45, 2.75) is 5.38 Å². The van der Waals surface area contributed by atoms with Crippen LogP contribution in [0.5, 0.6) is 0 Å². The van der Waals surface area contributed by atoms with Gasteiger partial charge in [-0.25, -0.2) is 9.07 Å². The number of nitrogens with two attached hydrogens (primary N) is 1. The van der Waals surface area contributed by atoms with Gasteiger partial charge in [0.25, 0.3) is 0 Å². The van der Waals surface area contributed by atoms with Gasteiger partial charge in [0.05, 0.1) is 23.5 Å². The van der Waals surface area contributed by atoms with Gasteiger partial charge in [-0.2, -0.15) is 5.10 Å². The minimum absolute atomic E-state index is 0.321. The predicted molar refractivity (Wildman–Crippen MR) is 58.9 cm³/mol. The van der Waals surface area contributed by atoms with Crippen molar-refractivity contribution in [2.75, 3.05) is 5.73 Å². The van der Waals surface area contributed by atoms with Crippen LogP contribution < -0.4 is 5.73 Å². The number of hydrogen-bond acceptors (Lipinski definition) is 2. The fraction of sp³-hybridized carbons (Fsp3) is 0.100. The van der Waals surface area contributed by atoms with E-state index in [0.29, 0.717) is 11.3 Å². The van der Waals surface area contributed by atoms with Gasteiger partial charge < -0.3 is 5.73 Å². The SMILES string of the molecule is Nc1cnn(/C=C2/C=C(F)C=CC2Cl)c1. The minimum Gasteiger partial charge on any atom is -0.396 e. The summed E-state index contributed by atoms with van der Waals surface area (Å²) in [4.78, 5) is 0. The maximum atomic E-state index is 12.9. The summed E-state index contributed by atoms with van der Waals surface area (Å²) < 4.78 is 14.4. The van der Waals surface area contributed by atoms with E-state index in [4.69, 9.17) is 17.3 Å². The molecule has 1 aliphatic carbocycles. The van der Waals surface area contributed by atoms with E-state index in [0.717, 1.165) is 0 Å². The van der Waals surface area contributed by atoms with Crippen molar-refractivity contribution < 1.29 is 4.39 Å². The van der Waals surface area contributed by atoms with Gasteiger partial charge in [-0.3, -0.25) is 0 Å². The zero-order valence-electron chi connectivity index (χ0n) is 7.77. The molecule has 1 aromatic rings. The van der Waals surface area contributed by atoms with Gasteiger partial charge >= 0.3 is 0 Å². The van der Waals surface area contributed by atoms with Gasteiger partial charge in [-0.15, -0.1) is 11.6 Å². The number of nitrogen functional groups attached to an aromatic ring is 1. The molecule has 0 spiro atoms. The number of nitrogens with zero attached hydrogens (tertiary/aromatic N) is 2. The normalized spacial score (nSPS) is 23.2. The molecule has 0 aliphatic heterocycles. The van der Waals surface area contributed by atoms with E-state index in [1.165, 1.54) is 23.0 Å². The first-order chi connectivity index (χ1) is 7.15. The highest BCUT2D eigenvalue weighted by Gasteiger charge is 2.11. The molecule has 0 fully saturated rings. The molecule has 0 saturated heterocycles. The van der Waals surface area contributed by atoms with E-state index in [1.807, 2.05) is 0 Å². The van der Waals surface area contributed by atoms with Crippen LogP contribution in [-0.4, -0.2) is 15.2 Å². The molecule has 2 rings (SSSR count). The second-order valence-corrected chi connectivity index (χ2v) is 3.64. The summed E-state index contributed by atoms with van der Waals surface area (Å²) >= 11 is 5.97. The molecule has 1 heterocycles. The largest absolute Gasteiger partial charge is 0.396 e. The minimum atomic E-state index is -0.338. The lowest BCUT2D eigenvalue weighted by molar-refractivity contribution is 0.662. The highest BCUT2D eigenvalue weighted by Crippen LogP contribution is 2.22. The quantitative estimate of drug-likeness (QED) is 0.746. The number of anilines is 1. The lowest BCUT2D eigenvalue weighted by atomic mass is 10.1. The fourth-order valence-corrected chi connectivity index (χ4v) is 1.45. The number of rotatable bonds is 1. The Bertz CT molecular complexity index is 459. The van der Waals surface area contributed by atoms with Crippen LogP contribution in [0.2, 0.25) is 0 Å². The first-order valence-corrected chi connectivity index (χ1v) is 4.79. The zero-order chi connectivity index (χ0) is 10.8. The van der Waals surface area contributed by atoms with E-state index in [9.17, 15) is 4.39 Å². The van der Waals surface area contributed by atoms with E-state index < -0.39 is 0 Å². The second-order valence-electron chi connectivity index (χ2n) is 3.17. The topological polar surface area (TPSA) is 43.8 Å². The van der Waals surface area contributed by atoms with Crippen LogP contribution in [0.15, 0.2) is 42.0 Å². The molecule has 3 nitrogen and oxygen atoms in total. The maximum Gasteiger partial charge on any atom is 0.123 e. The summed E-state index contributed by atoms with van der Waals surface area (Å²) in [7, 11) is 0. The van der Waals surface area contributed by atoms with Crippen LogP contribution in [0.25, 0.3) is 6.20 Å². The smallest absolute Gasteiger partial charge is 0.123 e. The van der Waals surface area contributed by atoms with E-state index in [-0.39, 0.29) is 11.2 Å². The van der Waals surface area contributed by atoms with Crippen molar-refractivity contribution in [1.29, 1.82) is 0 Å². The molecule has 0 amide bonds. The molecule has 1 aliphatic rings. The Morgan fingerprint density at radius 1 is 1.60 bits per heavy atom. The third-order valence-electron chi connectivity index (χ3n) is 1.95. The summed E-state index contributed by atoms with van der Waals surface area (Å²) in [5, 5.41) is 3.61. The first-order valence-electron chi connectivity index (χ1n) is 4.36.